The van der Waals surface area contributed by atoms with Crippen molar-refractivity contribution in [2.75, 3.05) is 26.3 Å². The number of amides is 1. The zero-order chi connectivity index (χ0) is 22.0. The van der Waals surface area contributed by atoms with Crippen LogP contribution in [0.5, 0.6) is 0 Å². The summed E-state index contributed by atoms with van der Waals surface area (Å²) in [6.07, 6.45) is 2.27. The predicted molar refractivity (Wildman–Crippen MR) is 108 cm³/mol. The first-order chi connectivity index (χ1) is 14.4. The van der Waals surface area contributed by atoms with Crippen molar-refractivity contribution in [3.63, 3.8) is 0 Å². The van der Waals surface area contributed by atoms with Crippen LogP contribution in [0.3, 0.4) is 0 Å². The summed E-state index contributed by atoms with van der Waals surface area (Å²) in [5, 5.41) is 2.55. The Hall–Kier alpha value is -2.46. The third-order valence-corrected chi connectivity index (χ3v) is 6.53. The van der Waals surface area contributed by atoms with Crippen LogP contribution in [-0.2, 0) is 33.9 Å². The van der Waals surface area contributed by atoms with Gasteiger partial charge in [0.15, 0.2) is 6.61 Å². The molecule has 1 aliphatic rings. The molecule has 1 fully saturated rings. The molecule has 0 saturated carbocycles. The number of piperidine rings is 1. The molecule has 30 heavy (non-hydrogen) atoms. The van der Waals surface area contributed by atoms with Gasteiger partial charge in [0.2, 0.25) is 10.0 Å². The van der Waals surface area contributed by atoms with Gasteiger partial charge < -0.3 is 14.8 Å². The van der Waals surface area contributed by atoms with Crippen molar-refractivity contribution in [2.45, 2.75) is 50.0 Å². The molecular weight excluding hydrogens is 412 g/mol. The van der Waals surface area contributed by atoms with Crippen LogP contribution in [0.2, 0.25) is 0 Å². The lowest BCUT2D eigenvalue weighted by molar-refractivity contribution is -0.153. The molecule has 1 heterocycles. The number of hydrogen-bond acceptors (Lipinski definition) is 7. The van der Waals surface area contributed by atoms with Crippen LogP contribution in [0.1, 0.15) is 39.0 Å². The summed E-state index contributed by atoms with van der Waals surface area (Å²) in [5.74, 6) is -1.59. The number of carbonyl (C=O) groups is 3. The fourth-order valence-corrected chi connectivity index (χ4v) is 4.80. The van der Waals surface area contributed by atoms with Crippen molar-refractivity contribution in [2.24, 2.45) is 0 Å². The van der Waals surface area contributed by atoms with Crippen LogP contribution in [0, 0.1) is 0 Å². The van der Waals surface area contributed by atoms with Gasteiger partial charge in [-0.3, -0.25) is 14.4 Å². The van der Waals surface area contributed by atoms with E-state index in [4.69, 9.17) is 9.47 Å². The third kappa shape index (κ3) is 6.81. The number of ether oxygens (including phenoxy) is 2. The Morgan fingerprint density at radius 3 is 2.57 bits per heavy atom. The molecule has 0 spiro atoms. The highest BCUT2D eigenvalue weighted by atomic mass is 32.2. The summed E-state index contributed by atoms with van der Waals surface area (Å²) < 4.78 is 36.9. The average Bonchev–Trinajstić information content (AvgIpc) is 2.76. The molecule has 1 N–H and O–H groups in total. The third-order valence-electron chi connectivity index (χ3n) is 4.61. The van der Waals surface area contributed by atoms with Crippen LogP contribution in [0.25, 0.3) is 0 Å². The fourth-order valence-electron chi connectivity index (χ4n) is 3.13. The normalized spacial score (nSPS) is 17.2. The monoisotopic (exact) mass is 440 g/mol. The molecule has 1 atom stereocenters. The Morgan fingerprint density at radius 2 is 1.87 bits per heavy atom. The summed E-state index contributed by atoms with van der Waals surface area (Å²) in [6.45, 7) is 1.98. The van der Waals surface area contributed by atoms with Crippen LogP contribution in [0.4, 0.5) is 0 Å². The number of benzene rings is 1. The molecule has 2 rings (SSSR count). The highest BCUT2D eigenvalue weighted by molar-refractivity contribution is 7.89. The lowest BCUT2D eigenvalue weighted by Gasteiger charge is -2.32. The molecule has 1 unspecified atom stereocenters. The lowest BCUT2D eigenvalue weighted by atomic mass is 10.1. The molecule has 1 amide bonds. The second-order valence-corrected chi connectivity index (χ2v) is 8.70. The molecule has 0 aromatic heterocycles. The zero-order valence-electron chi connectivity index (χ0n) is 17.0. The van der Waals surface area contributed by atoms with Gasteiger partial charge in [0.1, 0.15) is 6.04 Å². The predicted octanol–water partition coefficient (Wildman–Crippen LogP) is 1.23. The van der Waals surface area contributed by atoms with Gasteiger partial charge in [-0.1, -0.05) is 18.2 Å². The van der Waals surface area contributed by atoms with E-state index >= 15 is 0 Å². The molecule has 1 aromatic carbocycles. The minimum Gasteiger partial charge on any atom is -0.466 e. The first-order valence-electron chi connectivity index (χ1n) is 10.0. The van der Waals surface area contributed by atoms with Crippen molar-refractivity contribution in [1.29, 1.82) is 0 Å². The van der Waals surface area contributed by atoms with Crippen LogP contribution in [-0.4, -0.2) is 62.9 Å². The Morgan fingerprint density at radius 1 is 1.13 bits per heavy atom. The molecule has 10 heteroatoms. The maximum atomic E-state index is 12.9. The van der Waals surface area contributed by atoms with Crippen molar-refractivity contribution < 1.29 is 32.3 Å². The number of hydrogen-bond donors (Lipinski definition) is 1. The number of rotatable bonds is 10. The molecule has 1 aliphatic heterocycles. The zero-order valence-corrected chi connectivity index (χ0v) is 17.9. The van der Waals surface area contributed by atoms with Gasteiger partial charge in [0.25, 0.3) is 5.91 Å². The van der Waals surface area contributed by atoms with Crippen LogP contribution >= 0.6 is 0 Å². The van der Waals surface area contributed by atoms with Gasteiger partial charge in [-0.05, 0) is 44.7 Å². The quantitative estimate of drug-likeness (QED) is 0.429. The van der Waals surface area contributed by atoms with E-state index in [0.29, 0.717) is 32.3 Å². The number of nitrogens with zero attached hydrogens (tertiary/aromatic N) is 1. The highest BCUT2D eigenvalue weighted by Gasteiger charge is 2.38. The van der Waals surface area contributed by atoms with Gasteiger partial charge >= 0.3 is 11.9 Å². The van der Waals surface area contributed by atoms with Gasteiger partial charge in [0.05, 0.1) is 11.5 Å². The van der Waals surface area contributed by atoms with E-state index in [0.717, 1.165) is 4.31 Å². The lowest BCUT2D eigenvalue weighted by Crippen LogP contribution is -2.49. The van der Waals surface area contributed by atoms with Gasteiger partial charge in [-0.15, -0.1) is 0 Å². The van der Waals surface area contributed by atoms with Crippen molar-refractivity contribution in [1.82, 2.24) is 9.62 Å². The number of nitrogens with one attached hydrogen (secondary N) is 1. The highest BCUT2D eigenvalue weighted by Crippen LogP contribution is 2.26. The molecule has 9 nitrogen and oxygen atoms in total. The van der Waals surface area contributed by atoms with E-state index in [1.165, 1.54) is 12.1 Å². The molecule has 1 aromatic rings. The largest absolute Gasteiger partial charge is 0.466 e. The Labute approximate surface area is 176 Å². The summed E-state index contributed by atoms with van der Waals surface area (Å²) in [5.41, 5.74) is 0. The number of sulfonamides is 1. The Bertz CT molecular complexity index is 827. The maximum absolute atomic E-state index is 12.9. The topological polar surface area (TPSA) is 119 Å². The number of esters is 2. The van der Waals surface area contributed by atoms with E-state index < -0.39 is 34.5 Å². The molecule has 0 radical (unpaired) electrons. The standard InChI is InChI=1S/C20H28N2O7S/c1-2-28-19(24)12-8-13-21-18(23)15-29-20(25)17-11-6-7-14-22(17)30(26,27)16-9-4-3-5-10-16/h3-5,9-10,17H,2,6-8,11-15H2,1H3,(H,21,23). The second kappa shape index (κ2) is 11.7. The van der Waals surface area contributed by atoms with Crippen LogP contribution < -0.4 is 5.32 Å². The van der Waals surface area contributed by atoms with Crippen LogP contribution in [0.15, 0.2) is 35.2 Å². The van der Waals surface area contributed by atoms with E-state index in [-0.39, 0.29) is 30.4 Å². The van der Waals surface area contributed by atoms with Crippen molar-refractivity contribution in [3.8, 4) is 0 Å². The summed E-state index contributed by atoms with van der Waals surface area (Å²) in [6, 6.07) is 6.96. The van der Waals surface area contributed by atoms with Gasteiger partial charge in [-0.25, -0.2) is 8.42 Å². The van der Waals surface area contributed by atoms with Crippen molar-refractivity contribution in [3.05, 3.63) is 30.3 Å². The molecule has 0 bridgehead atoms. The first kappa shape index (κ1) is 23.8. The molecule has 0 aliphatic carbocycles. The number of carbonyl (C=O) groups excluding carboxylic acids is 3. The SMILES string of the molecule is CCOC(=O)CCCNC(=O)COC(=O)C1CCCCN1S(=O)(=O)c1ccccc1. The molecule has 1 saturated heterocycles. The molecular formula is C20H28N2O7S. The average molecular weight is 441 g/mol. The van der Waals surface area contributed by atoms with E-state index in [9.17, 15) is 22.8 Å². The van der Waals surface area contributed by atoms with Crippen molar-refractivity contribution >= 4 is 27.9 Å². The summed E-state index contributed by atoms with van der Waals surface area (Å²) in [4.78, 5) is 35.7. The minimum absolute atomic E-state index is 0.115. The summed E-state index contributed by atoms with van der Waals surface area (Å²) >= 11 is 0. The van der Waals surface area contributed by atoms with E-state index in [1.54, 1.807) is 25.1 Å². The minimum atomic E-state index is -3.84. The second-order valence-electron chi connectivity index (χ2n) is 6.81. The van der Waals surface area contributed by atoms with E-state index in [1.807, 2.05) is 0 Å². The first-order valence-corrected chi connectivity index (χ1v) is 11.5. The summed E-state index contributed by atoms with van der Waals surface area (Å²) in [7, 11) is -3.84. The fraction of sp³-hybridized carbons (Fsp3) is 0.550. The van der Waals surface area contributed by atoms with Gasteiger partial charge in [0, 0.05) is 19.5 Å². The maximum Gasteiger partial charge on any atom is 0.324 e. The Balaban J connectivity index is 1.86. The smallest absolute Gasteiger partial charge is 0.324 e. The molecule has 166 valence electrons. The van der Waals surface area contributed by atoms with Gasteiger partial charge in [-0.2, -0.15) is 4.31 Å². The Kier molecular flexibility index (Phi) is 9.25. The van der Waals surface area contributed by atoms with E-state index in [2.05, 4.69) is 5.32 Å².